The normalized spacial score (nSPS) is 15.7. The third-order valence-corrected chi connectivity index (χ3v) is 5.16. The monoisotopic (exact) mass is 400 g/mol. The van der Waals surface area contributed by atoms with Gasteiger partial charge >= 0.3 is 0 Å². The van der Waals surface area contributed by atoms with Gasteiger partial charge in [0.2, 0.25) is 0 Å². The molecule has 1 saturated heterocycles. The maximum Gasteiger partial charge on any atom is 0.147 e. The van der Waals surface area contributed by atoms with E-state index in [4.69, 9.17) is 0 Å². The molecule has 1 aliphatic heterocycles. The Balaban J connectivity index is 1.73. The molecule has 1 aliphatic rings. The molecule has 0 amide bonds. The average Bonchev–Trinajstić information content (AvgIpc) is 2.62. The van der Waals surface area contributed by atoms with Gasteiger partial charge in [0.1, 0.15) is 12.1 Å². The number of nitrogens with zero attached hydrogens (tertiary/aromatic N) is 4. The van der Waals surface area contributed by atoms with Crippen molar-refractivity contribution in [1.82, 2.24) is 14.9 Å². The van der Waals surface area contributed by atoms with Crippen LogP contribution in [-0.4, -0.2) is 48.1 Å². The van der Waals surface area contributed by atoms with E-state index < -0.39 is 0 Å². The first kappa shape index (κ1) is 16.4. The number of hydrogen-bond acceptors (Lipinski definition) is 4. The van der Waals surface area contributed by atoms with Gasteiger partial charge in [-0.1, -0.05) is 22.0 Å². The lowest BCUT2D eigenvalue weighted by atomic mass is 10.1. The average molecular weight is 401 g/mol. The van der Waals surface area contributed by atoms with E-state index in [2.05, 4.69) is 42.7 Å². The van der Waals surface area contributed by atoms with E-state index in [0.717, 1.165) is 52.8 Å². The molecule has 0 spiro atoms. The molecule has 0 unspecified atom stereocenters. The van der Waals surface area contributed by atoms with Crippen molar-refractivity contribution < 1.29 is 4.39 Å². The maximum atomic E-state index is 14.8. The molecule has 0 bridgehead atoms. The molecule has 0 saturated carbocycles. The highest BCUT2D eigenvalue weighted by Crippen LogP contribution is 2.31. The standard InChI is InChI=1S/C19H18BrFN4/c1-24-6-8-25(9-7-24)18-5-2-13(10-16(18)21)19-15-11-14(20)3-4-17(15)22-12-23-19/h2-5,10-12H,6-9H2,1H3. The maximum absolute atomic E-state index is 14.8. The molecule has 1 fully saturated rings. The predicted molar refractivity (Wildman–Crippen MR) is 102 cm³/mol. The molecule has 128 valence electrons. The Morgan fingerprint density at radius 1 is 1.00 bits per heavy atom. The van der Waals surface area contributed by atoms with Crippen LogP contribution >= 0.6 is 15.9 Å². The fourth-order valence-corrected chi connectivity index (χ4v) is 3.58. The number of rotatable bonds is 2. The zero-order chi connectivity index (χ0) is 17.4. The molecule has 4 nitrogen and oxygen atoms in total. The number of likely N-dealkylation sites (N-methyl/N-ethyl adjacent to an activating group) is 1. The molecule has 0 radical (unpaired) electrons. The summed E-state index contributed by atoms with van der Waals surface area (Å²) in [5.74, 6) is -0.205. The van der Waals surface area contributed by atoms with Gasteiger partial charge in [-0.25, -0.2) is 14.4 Å². The number of hydrogen-bond donors (Lipinski definition) is 0. The Kier molecular flexibility index (Phi) is 4.39. The number of benzene rings is 2. The minimum atomic E-state index is -0.205. The highest BCUT2D eigenvalue weighted by Gasteiger charge is 2.18. The van der Waals surface area contributed by atoms with Crippen LogP contribution in [0.4, 0.5) is 10.1 Å². The van der Waals surface area contributed by atoms with E-state index in [0.29, 0.717) is 5.69 Å². The van der Waals surface area contributed by atoms with Crippen molar-refractivity contribution >= 4 is 32.5 Å². The van der Waals surface area contributed by atoms with Gasteiger partial charge in [-0.2, -0.15) is 0 Å². The summed E-state index contributed by atoms with van der Waals surface area (Å²) in [4.78, 5) is 13.0. The van der Waals surface area contributed by atoms with Crippen LogP contribution in [-0.2, 0) is 0 Å². The smallest absolute Gasteiger partial charge is 0.147 e. The zero-order valence-corrected chi connectivity index (χ0v) is 15.5. The number of halogens is 2. The Morgan fingerprint density at radius 3 is 2.56 bits per heavy atom. The van der Waals surface area contributed by atoms with Gasteiger partial charge in [-0.15, -0.1) is 0 Å². The Labute approximate surface area is 154 Å². The lowest BCUT2D eigenvalue weighted by Gasteiger charge is -2.34. The highest BCUT2D eigenvalue weighted by atomic mass is 79.9. The van der Waals surface area contributed by atoms with Crippen LogP contribution in [0.5, 0.6) is 0 Å². The van der Waals surface area contributed by atoms with Crippen molar-refractivity contribution in [1.29, 1.82) is 0 Å². The summed E-state index contributed by atoms with van der Waals surface area (Å²) < 4.78 is 15.7. The molecule has 3 aromatic rings. The topological polar surface area (TPSA) is 32.3 Å². The van der Waals surface area contributed by atoms with Crippen LogP contribution in [0.25, 0.3) is 22.2 Å². The third-order valence-electron chi connectivity index (χ3n) is 4.66. The van der Waals surface area contributed by atoms with Gasteiger partial charge in [0.25, 0.3) is 0 Å². The first-order valence-corrected chi connectivity index (χ1v) is 9.05. The minimum absolute atomic E-state index is 0.205. The Bertz CT molecular complexity index is 922. The Morgan fingerprint density at radius 2 is 1.80 bits per heavy atom. The van der Waals surface area contributed by atoms with E-state index in [1.807, 2.05) is 30.3 Å². The second kappa shape index (κ2) is 6.69. The summed E-state index contributed by atoms with van der Waals surface area (Å²) in [5, 5.41) is 0.906. The van der Waals surface area contributed by atoms with Gasteiger partial charge in [0.15, 0.2) is 0 Å². The van der Waals surface area contributed by atoms with Crippen LogP contribution in [0.2, 0.25) is 0 Å². The van der Waals surface area contributed by atoms with Crippen molar-refractivity contribution in [2.75, 3.05) is 38.1 Å². The van der Waals surface area contributed by atoms with Crippen LogP contribution in [0, 0.1) is 5.82 Å². The third kappa shape index (κ3) is 3.24. The molecule has 25 heavy (non-hydrogen) atoms. The molecule has 0 aliphatic carbocycles. The summed E-state index contributed by atoms with van der Waals surface area (Å²) in [7, 11) is 2.09. The van der Waals surface area contributed by atoms with E-state index in [1.165, 1.54) is 6.33 Å². The van der Waals surface area contributed by atoms with Gasteiger partial charge in [0.05, 0.1) is 16.9 Å². The lowest BCUT2D eigenvalue weighted by molar-refractivity contribution is 0.311. The second-order valence-corrected chi connectivity index (χ2v) is 7.26. The fraction of sp³-hybridized carbons (Fsp3) is 0.263. The quantitative estimate of drug-likeness (QED) is 0.651. The van der Waals surface area contributed by atoms with Crippen molar-refractivity contribution in [3.8, 4) is 11.3 Å². The van der Waals surface area contributed by atoms with Gasteiger partial charge in [-0.3, -0.25) is 0 Å². The van der Waals surface area contributed by atoms with Crippen molar-refractivity contribution in [3.05, 3.63) is 53.0 Å². The van der Waals surface area contributed by atoms with Gasteiger partial charge in [0, 0.05) is 41.6 Å². The van der Waals surface area contributed by atoms with Crippen LogP contribution < -0.4 is 4.90 Å². The van der Waals surface area contributed by atoms with E-state index >= 15 is 0 Å². The second-order valence-electron chi connectivity index (χ2n) is 6.34. The van der Waals surface area contributed by atoms with Gasteiger partial charge in [-0.05, 0) is 37.4 Å². The Hall–Kier alpha value is -2.05. The SMILES string of the molecule is CN1CCN(c2ccc(-c3ncnc4ccc(Br)cc34)cc2F)CC1. The van der Waals surface area contributed by atoms with Crippen LogP contribution in [0.1, 0.15) is 0 Å². The molecular weight excluding hydrogens is 383 g/mol. The van der Waals surface area contributed by atoms with Crippen molar-refractivity contribution in [2.45, 2.75) is 0 Å². The first-order chi connectivity index (χ1) is 12.1. The summed E-state index contributed by atoms with van der Waals surface area (Å²) in [6, 6.07) is 11.2. The van der Waals surface area contributed by atoms with Gasteiger partial charge < -0.3 is 9.80 Å². The number of anilines is 1. The molecule has 1 aromatic heterocycles. The summed E-state index contributed by atoms with van der Waals surface area (Å²) in [6.45, 7) is 3.59. The fourth-order valence-electron chi connectivity index (χ4n) is 3.22. The number of piperazine rings is 1. The van der Waals surface area contributed by atoms with Crippen LogP contribution in [0.3, 0.4) is 0 Å². The van der Waals surface area contributed by atoms with E-state index in [9.17, 15) is 4.39 Å². The summed E-state index contributed by atoms with van der Waals surface area (Å²) in [5.41, 5.74) is 3.02. The van der Waals surface area contributed by atoms with Crippen molar-refractivity contribution in [3.63, 3.8) is 0 Å². The zero-order valence-electron chi connectivity index (χ0n) is 13.9. The van der Waals surface area contributed by atoms with E-state index in [-0.39, 0.29) is 5.82 Å². The summed E-state index contributed by atoms with van der Waals surface area (Å²) >= 11 is 3.48. The first-order valence-electron chi connectivity index (χ1n) is 8.25. The largest absolute Gasteiger partial charge is 0.367 e. The summed E-state index contributed by atoms with van der Waals surface area (Å²) in [6.07, 6.45) is 1.53. The molecule has 2 aromatic carbocycles. The molecule has 6 heteroatoms. The molecule has 4 rings (SSSR count). The highest BCUT2D eigenvalue weighted by molar-refractivity contribution is 9.10. The number of aromatic nitrogens is 2. The molecule has 0 N–H and O–H groups in total. The lowest BCUT2D eigenvalue weighted by Crippen LogP contribution is -2.44. The minimum Gasteiger partial charge on any atom is -0.367 e. The molecular formula is C19H18BrFN4. The molecule has 2 heterocycles. The number of fused-ring (bicyclic) bond motifs is 1. The van der Waals surface area contributed by atoms with Crippen LogP contribution in [0.15, 0.2) is 47.2 Å². The predicted octanol–water partition coefficient (Wildman–Crippen LogP) is 3.95. The molecule has 0 atom stereocenters. The van der Waals surface area contributed by atoms with Crippen molar-refractivity contribution in [2.24, 2.45) is 0 Å². The van der Waals surface area contributed by atoms with E-state index in [1.54, 1.807) is 6.07 Å².